The number of esters is 4. The zero-order valence-corrected chi connectivity index (χ0v) is 19.5. The summed E-state index contributed by atoms with van der Waals surface area (Å²) in [5.74, 6) is -1.96. The predicted octanol–water partition coefficient (Wildman–Crippen LogP) is 2.77. The van der Waals surface area contributed by atoms with Crippen LogP contribution in [0, 0.1) is 0 Å². The lowest BCUT2D eigenvalue weighted by Crippen LogP contribution is -2.19. The van der Waals surface area contributed by atoms with Crippen LogP contribution >= 0.6 is 0 Å². The van der Waals surface area contributed by atoms with E-state index in [0.29, 0.717) is 17.4 Å². The molecule has 0 aromatic heterocycles. The van der Waals surface area contributed by atoms with Gasteiger partial charge in [-0.05, 0) is 43.2 Å². The number of aldehydes is 1. The minimum Gasteiger partial charge on any atom is -0.462 e. The summed E-state index contributed by atoms with van der Waals surface area (Å²) >= 11 is 0. The Kier molecular flexibility index (Phi) is 14.0. The molecule has 0 aromatic rings. The Morgan fingerprint density at radius 1 is 0.719 bits per heavy atom. The SMILES string of the molecule is CC(=O)OC/C=C(\COC(C)=O)C[C@H](/C=C(\C)C[C@H](/C=C(\C)C=O)OC(C)=O)OC(C)=O. The molecule has 0 aromatic carbocycles. The fraction of sp³-hybridized carbons (Fsp3) is 0.522. The molecule has 0 rings (SSSR count). The zero-order valence-electron chi connectivity index (χ0n) is 19.5. The molecule has 0 fully saturated rings. The third-order valence-corrected chi connectivity index (χ3v) is 3.85. The van der Waals surface area contributed by atoms with Gasteiger partial charge in [0, 0.05) is 40.5 Å². The summed E-state index contributed by atoms with van der Waals surface area (Å²) < 4.78 is 20.5. The molecule has 32 heavy (non-hydrogen) atoms. The number of allylic oxidation sites excluding steroid dienone is 1. The van der Waals surface area contributed by atoms with Crippen molar-refractivity contribution in [1.29, 1.82) is 0 Å². The van der Waals surface area contributed by atoms with E-state index in [1.54, 1.807) is 26.0 Å². The molecule has 2 atom stereocenters. The molecule has 0 spiro atoms. The van der Waals surface area contributed by atoms with E-state index in [-0.39, 0.29) is 26.1 Å². The lowest BCUT2D eigenvalue weighted by atomic mass is 10.0. The summed E-state index contributed by atoms with van der Waals surface area (Å²) in [5, 5.41) is 0. The van der Waals surface area contributed by atoms with E-state index >= 15 is 0 Å². The van der Waals surface area contributed by atoms with Crippen molar-refractivity contribution in [3.63, 3.8) is 0 Å². The van der Waals surface area contributed by atoms with Gasteiger partial charge in [-0.25, -0.2) is 0 Å². The van der Waals surface area contributed by atoms with Crippen LogP contribution in [0.25, 0.3) is 0 Å². The second-order valence-corrected chi connectivity index (χ2v) is 7.19. The van der Waals surface area contributed by atoms with Gasteiger partial charge in [0.1, 0.15) is 31.7 Å². The Balaban J connectivity index is 5.62. The molecule has 9 nitrogen and oxygen atoms in total. The molecule has 0 saturated carbocycles. The van der Waals surface area contributed by atoms with Crippen molar-refractivity contribution in [2.24, 2.45) is 0 Å². The van der Waals surface area contributed by atoms with Crippen LogP contribution in [0.4, 0.5) is 0 Å². The second kappa shape index (κ2) is 15.6. The highest BCUT2D eigenvalue weighted by molar-refractivity contribution is 5.72. The van der Waals surface area contributed by atoms with Gasteiger partial charge >= 0.3 is 23.9 Å². The molecule has 0 aliphatic rings. The molecule has 0 amide bonds. The maximum absolute atomic E-state index is 11.6. The number of carbonyl (C=O) groups is 5. The first-order valence-corrected chi connectivity index (χ1v) is 10.0. The van der Waals surface area contributed by atoms with Gasteiger partial charge in [-0.3, -0.25) is 24.0 Å². The van der Waals surface area contributed by atoms with E-state index in [1.807, 2.05) is 0 Å². The lowest BCUT2D eigenvalue weighted by molar-refractivity contribution is -0.145. The van der Waals surface area contributed by atoms with Gasteiger partial charge in [-0.1, -0.05) is 5.57 Å². The molecule has 0 aliphatic carbocycles. The van der Waals surface area contributed by atoms with Gasteiger partial charge in [0.2, 0.25) is 0 Å². The second-order valence-electron chi connectivity index (χ2n) is 7.19. The first kappa shape index (κ1) is 28.8. The Labute approximate surface area is 188 Å². The minimum atomic E-state index is -0.708. The average Bonchev–Trinajstić information content (AvgIpc) is 2.64. The summed E-state index contributed by atoms with van der Waals surface area (Å²) in [4.78, 5) is 56.1. The minimum absolute atomic E-state index is 0.0221. The van der Waals surface area contributed by atoms with Crippen molar-refractivity contribution in [1.82, 2.24) is 0 Å². The maximum atomic E-state index is 11.6. The van der Waals surface area contributed by atoms with Crippen molar-refractivity contribution >= 4 is 30.2 Å². The molecule has 0 aliphatic heterocycles. The maximum Gasteiger partial charge on any atom is 0.303 e. The fourth-order valence-corrected chi connectivity index (χ4v) is 2.66. The first-order valence-electron chi connectivity index (χ1n) is 10.0. The van der Waals surface area contributed by atoms with Crippen LogP contribution in [-0.4, -0.2) is 55.6 Å². The van der Waals surface area contributed by atoms with Crippen LogP contribution in [0.15, 0.2) is 34.9 Å². The summed E-state index contributed by atoms with van der Waals surface area (Å²) in [5.41, 5.74) is 1.74. The van der Waals surface area contributed by atoms with Gasteiger partial charge in [-0.2, -0.15) is 0 Å². The van der Waals surface area contributed by atoms with Gasteiger partial charge in [-0.15, -0.1) is 0 Å². The number of rotatable bonds is 13. The van der Waals surface area contributed by atoms with E-state index in [0.717, 1.165) is 5.57 Å². The summed E-state index contributed by atoms with van der Waals surface area (Å²) in [7, 11) is 0. The van der Waals surface area contributed by atoms with E-state index in [4.69, 9.17) is 18.9 Å². The molecule has 0 unspecified atom stereocenters. The average molecular weight is 453 g/mol. The van der Waals surface area contributed by atoms with Crippen LogP contribution < -0.4 is 0 Å². The van der Waals surface area contributed by atoms with E-state index in [9.17, 15) is 24.0 Å². The molecule has 0 heterocycles. The van der Waals surface area contributed by atoms with Crippen molar-refractivity contribution in [3.8, 4) is 0 Å². The van der Waals surface area contributed by atoms with Crippen molar-refractivity contribution in [3.05, 3.63) is 34.9 Å². The van der Waals surface area contributed by atoms with E-state index < -0.39 is 36.1 Å². The predicted molar refractivity (Wildman–Crippen MR) is 115 cm³/mol. The Morgan fingerprint density at radius 2 is 1.25 bits per heavy atom. The number of hydrogen-bond acceptors (Lipinski definition) is 9. The molecular weight excluding hydrogens is 420 g/mol. The zero-order chi connectivity index (χ0) is 24.7. The standard InChI is InChI=1S/C23H32O9/c1-15(9-22(31-19(5)27)11-16(2)13-24)10-23(32-20(6)28)12-21(14-30-18(4)26)7-8-29-17(3)25/h7,10-11,13,22-23H,8-9,12,14H2,1-6H3/b15-10+,16-11+,21-7-/t22-,23+/m1/s1. The number of ether oxygens (including phenoxy) is 4. The summed E-state index contributed by atoms with van der Waals surface area (Å²) in [6, 6.07) is 0. The normalized spacial score (nSPS) is 14.1. The first-order chi connectivity index (χ1) is 14.9. The molecule has 0 saturated heterocycles. The lowest BCUT2D eigenvalue weighted by Gasteiger charge is -2.19. The summed E-state index contributed by atoms with van der Waals surface area (Å²) in [6.07, 6.45) is 4.57. The van der Waals surface area contributed by atoms with E-state index in [1.165, 1.54) is 33.8 Å². The van der Waals surface area contributed by atoms with Crippen LogP contribution in [0.1, 0.15) is 54.4 Å². The third-order valence-electron chi connectivity index (χ3n) is 3.85. The van der Waals surface area contributed by atoms with Crippen molar-refractivity contribution in [2.75, 3.05) is 13.2 Å². The molecule has 0 radical (unpaired) electrons. The monoisotopic (exact) mass is 452 g/mol. The van der Waals surface area contributed by atoms with Gasteiger partial charge < -0.3 is 18.9 Å². The highest BCUT2D eigenvalue weighted by atomic mass is 16.6. The van der Waals surface area contributed by atoms with Gasteiger partial charge in [0.25, 0.3) is 0 Å². The number of hydrogen-bond donors (Lipinski definition) is 0. The summed E-state index contributed by atoms with van der Waals surface area (Å²) in [6.45, 7) is 8.36. The van der Waals surface area contributed by atoms with Crippen LogP contribution in [0.2, 0.25) is 0 Å². The molecule has 0 N–H and O–H groups in total. The molecular formula is C23H32O9. The molecule has 0 bridgehead atoms. The third kappa shape index (κ3) is 15.6. The van der Waals surface area contributed by atoms with Crippen molar-refractivity contribution < 1.29 is 42.9 Å². The fourth-order valence-electron chi connectivity index (χ4n) is 2.66. The van der Waals surface area contributed by atoms with Crippen molar-refractivity contribution in [2.45, 2.75) is 66.6 Å². The van der Waals surface area contributed by atoms with Crippen LogP contribution in [0.5, 0.6) is 0 Å². The van der Waals surface area contributed by atoms with Gasteiger partial charge in [0.05, 0.1) is 0 Å². The smallest absolute Gasteiger partial charge is 0.303 e. The topological polar surface area (TPSA) is 122 Å². The van der Waals surface area contributed by atoms with Crippen LogP contribution in [0.3, 0.4) is 0 Å². The Bertz CT molecular complexity index is 774. The number of carbonyl (C=O) groups excluding carboxylic acids is 5. The highest BCUT2D eigenvalue weighted by Crippen LogP contribution is 2.18. The molecule has 178 valence electrons. The van der Waals surface area contributed by atoms with E-state index in [2.05, 4.69) is 0 Å². The van der Waals surface area contributed by atoms with Gasteiger partial charge in [0.15, 0.2) is 0 Å². The largest absolute Gasteiger partial charge is 0.462 e. The van der Waals surface area contributed by atoms with Crippen LogP contribution in [-0.2, 0) is 42.9 Å². The Hall–Kier alpha value is -3.23. The molecule has 9 heteroatoms. The Morgan fingerprint density at radius 3 is 1.72 bits per heavy atom. The quantitative estimate of drug-likeness (QED) is 0.136. The highest BCUT2D eigenvalue weighted by Gasteiger charge is 2.16.